The molecule has 17 heavy (non-hydrogen) atoms. The molecular weight excluding hydrogens is 287 g/mol. The predicted molar refractivity (Wildman–Crippen MR) is 71.5 cm³/mol. The van der Waals surface area contributed by atoms with Crippen LogP contribution in [0.5, 0.6) is 5.75 Å². The molecule has 1 N–H and O–H groups in total. The Morgan fingerprint density at radius 1 is 1.59 bits per heavy atom. The Bertz CT molecular complexity index is 421. The maximum atomic E-state index is 12.0. The average Bonchev–Trinajstić information content (AvgIpc) is 2.27. The third kappa shape index (κ3) is 5.08. The first-order valence-electron chi connectivity index (χ1n) is 5.15. The van der Waals surface area contributed by atoms with E-state index in [1.165, 1.54) is 0 Å². The molecule has 0 heterocycles. The van der Waals surface area contributed by atoms with Crippen molar-refractivity contribution in [1.29, 1.82) is 5.41 Å². The number of alkyl halides is 1. The lowest BCUT2D eigenvalue weighted by Crippen LogP contribution is -1.99. The Morgan fingerprint density at radius 2 is 2.35 bits per heavy atom. The highest BCUT2D eigenvalue weighted by Gasteiger charge is 2.01. The Labute approximate surface area is 108 Å². The van der Waals surface area contributed by atoms with Gasteiger partial charge in [0.25, 0.3) is 0 Å². The molecule has 1 aromatic rings. The number of nitrogens with one attached hydrogen (secondary N) is 1. The topological polar surface area (TPSA) is 45.4 Å². The summed E-state index contributed by atoms with van der Waals surface area (Å²) in [5.74, 6) is 0.614. The van der Waals surface area contributed by atoms with Gasteiger partial charge >= 0.3 is 0 Å². The Kier molecular flexibility index (Phi) is 5.83. The second kappa shape index (κ2) is 7.17. The maximum Gasteiger partial charge on any atom is 0.133 e. The first kappa shape index (κ1) is 13.8. The Hall–Kier alpha value is -1.23. The number of nitrogens with zero attached hydrogens (tertiary/aromatic N) is 1. The lowest BCUT2D eigenvalue weighted by molar-refractivity contribution is 0.272. The van der Waals surface area contributed by atoms with E-state index in [0.717, 1.165) is 10.0 Å². The molecule has 3 nitrogen and oxygen atoms in total. The fraction of sp³-hybridized carbons (Fsp3) is 0.333. The Morgan fingerprint density at radius 3 is 2.94 bits per heavy atom. The van der Waals surface area contributed by atoms with Gasteiger partial charge in [-0.3, -0.25) is 4.99 Å². The van der Waals surface area contributed by atoms with Crippen molar-refractivity contribution < 1.29 is 9.13 Å². The van der Waals surface area contributed by atoms with Gasteiger partial charge in [0.2, 0.25) is 0 Å². The van der Waals surface area contributed by atoms with Crippen LogP contribution in [0.15, 0.2) is 27.7 Å². The number of ether oxygens (including phenoxy) is 1. The molecular formula is C12H14BrFN2O. The molecule has 0 spiro atoms. The van der Waals surface area contributed by atoms with Gasteiger partial charge in [-0.2, -0.15) is 0 Å². The highest BCUT2D eigenvalue weighted by molar-refractivity contribution is 9.10. The third-order valence-corrected chi connectivity index (χ3v) is 2.48. The monoisotopic (exact) mass is 300 g/mol. The Balaban J connectivity index is 2.68. The van der Waals surface area contributed by atoms with E-state index in [1.807, 2.05) is 12.1 Å². The summed E-state index contributed by atoms with van der Waals surface area (Å²) in [4.78, 5) is 4.10. The van der Waals surface area contributed by atoms with Gasteiger partial charge in [-0.1, -0.05) is 0 Å². The predicted octanol–water partition coefficient (Wildman–Crippen LogP) is 3.26. The van der Waals surface area contributed by atoms with Gasteiger partial charge in [0.15, 0.2) is 0 Å². The van der Waals surface area contributed by atoms with Crippen LogP contribution in [0.2, 0.25) is 0 Å². The van der Waals surface area contributed by atoms with E-state index in [0.29, 0.717) is 18.0 Å². The second-order valence-corrected chi connectivity index (χ2v) is 4.33. The van der Waals surface area contributed by atoms with Gasteiger partial charge in [0.1, 0.15) is 19.0 Å². The maximum absolute atomic E-state index is 12.0. The lowest BCUT2D eigenvalue weighted by atomic mass is 10.2. The molecule has 0 aromatic heterocycles. The van der Waals surface area contributed by atoms with Crippen molar-refractivity contribution in [2.45, 2.75) is 6.92 Å². The van der Waals surface area contributed by atoms with Crippen LogP contribution in [-0.4, -0.2) is 31.8 Å². The molecule has 0 aliphatic heterocycles. The number of hydrogen-bond acceptors (Lipinski definition) is 3. The molecule has 0 amide bonds. The van der Waals surface area contributed by atoms with Crippen LogP contribution >= 0.6 is 15.9 Å². The molecule has 0 radical (unpaired) electrons. The summed E-state index contributed by atoms with van der Waals surface area (Å²) in [6.07, 6.45) is 1.70. The highest BCUT2D eigenvalue weighted by atomic mass is 79.9. The zero-order valence-electron chi connectivity index (χ0n) is 9.54. The van der Waals surface area contributed by atoms with Crippen LogP contribution in [0.25, 0.3) is 0 Å². The molecule has 5 heteroatoms. The van der Waals surface area contributed by atoms with Gasteiger partial charge < -0.3 is 10.1 Å². The van der Waals surface area contributed by atoms with Gasteiger partial charge in [-0.15, -0.1) is 0 Å². The van der Waals surface area contributed by atoms with Crippen molar-refractivity contribution in [3.8, 4) is 5.75 Å². The SMILES string of the molecule is CC(=N)CN=Cc1ccc(OCCF)c(Br)c1. The van der Waals surface area contributed by atoms with Gasteiger partial charge in [0, 0.05) is 11.9 Å². The summed E-state index contributed by atoms with van der Waals surface area (Å²) in [7, 11) is 0. The fourth-order valence-electron chi connectivity index (χ4n) is 1.15. The standard InChI is InChI=1S/C12H14BrFN2O/c1-9(15)7-16-8-10-2-3-12(11(13)6-10)17-5-4-14/h2-3,6,8,15H,4-5,7H2,1H3. The van der Waals surface area contributed by atoms with E-state index in [2.05, 4.69) is 20.9 Å². The minimum Gasteiger partial charge on any atom is -0.490 e. The van der Waals surface area contributed by atoms with Crippen molar-refractivity contribution >= 4 is 27.9 Å². The number of rotatable bonds is 6. The zero-order chi connectivity index (χ0) is 12.7. The average molecular weight is 301 g/mol. The zero-order valence-corrected chi connectivity index (χ0v) is 11.1. The summed E-state index contributed by atoms with van der Waals surface area (Å²) < 4.78 is 17.9. The van der Waals surface area contributed by atoms with Crippen LogP contribution in [0, 0.1) is 5.41 Å². The number of hydrogen-bond donors (Lipinski definition) is 1. The van der Waals surface area contributed by atoms with Crippen LogP contribution in [0.1, 0.15) is 12.5 Å². The molecule has 0 saturated carbocycles. The number of aliphatic imine (C=N–C) groups is 1. The molecule has 0 atom stereocenters. The number of benzene rings is 1. The van der Waals surface area contributed by atoms with Crippen LogP contribution in [0.4, 0.5) is 4.39 Å². The van der Waals surface area contributed by atoms with Crippen molar-refractivity contribution in [2.24, 2.45) is 4.99 Å². The van der Waals surface area contributed by atoms with E-state index in [9.17, 15) is 4.39 Å². The minimum atomic E-state index is -0.506. The van der Waals surface area contributed by atoms with Crippen LogP contribution in [-0.2, 0) is 0 Å². The largest absolute Gasteiger partial charge is 0.490 e. The van der Waals surface area contributed by atoms with Gasteiger partial charge in [-0.05, 0) is 46.6 Å². The van der Waals surface area contributed by atoms with E-state index in [-0.39, 0.29) is 6.61 Å². The summed E-state index contributed by atoms with van der Waals surface area (Å²) in [6, 6.07) is 5.44. The molecule has 0 bridgehead atoms. The fourth-order valence-corrected chi connectivity index (χ4v) is 1.66. The number of halogens is 2. The van der Waals surface area contributed by atoms with Crippen molar-refractivity contribution in [3.05, 3.63) is 28.2 Å². The van der Waals surface area contributed by atoms with E-state index in [1.54, 1.807) is 19.2 Å². The van der Waals surface area contributed by atoms with Crippen LogP contribution in [0.3, 0.4) is 0 Å². The summed E-state index contributed by atoms with van der Waals surface area (Å²) in [5.41, 5.74) is 1.42. The molecule has 92 valence electrons. The van der Waals surface area contributed by atoms with Crippen molar-refractivity contribution in [3.63, 3.8) is 0 Å². The lowest BCUT2D eigenvalue weighted by Gasteiger charge is -2.06. The normalized spacial score (nSPS) is 10.8. The van der Waals surface area contributed by atoms with Crippen molar-refractivity contribution in [1.82, 2.24) is 0 Å². The second-order valence-electron chi connectivity index (χ2n) is 3.48. The van der Waals surface area contributed by atoms with E-state index < -0.39 is 6.67 Å². The van der Waals surface area contributed by atoms with Crippen molar-refractivity contribution in [2.75, 3.05) is 19.8 Å². The van der Waals surface area contributed by atoms with E-state index in [4.69, 9.17) is 10.1 Å². The highest BCUT2D eigenvalue weighted by Crippen LogP contribution is 2.25. The molecule has 0 fully saturated rings. The molecule has 0 saturated heterocycles. The molecule has 0 unspecified atom stereocenters. The smallest absolute Gasteiger partial charge is 0.133 e. The van der Waals surface area contributed by atoms with Gasteiger partial charge in [-0.25, -0.2) is 4.39 Å². The quantitative estimate of drug-likeness (QED) is 0.805. The summed E-state index contributed by atoms with van der Waals surface area (Å²) >= 11 is 3.35. The van der Waals surface area contributed by atoms with Gasteiger partial charge in [0.05, 0.1) is 11.0 Å². The first-order valence-corrected chi connectivity index (χ1v) is 5.95. The van der Waals surface area contributed by atoms with E-state index >= 15 is 0 Å². The molecule has 1 rings (SSSR count). The molecule has 0 aliphatic carbocycles. The third-order valence-electron chi connectivity index (χ3n) is 1.86. The molecule has 1 aromatic carbocycles. The molecule has 0 aliphatic rings. The summed E-state index contributed by atoms with van der Waals surface area (Å²) in [6.45, 7) is 1.66. The van der Waals surface area contributed by atoms with Crippen LogP contribution < -0.4 is 4.74 Å². The minimum absolute atomic E-state index is 0.0546. The first-order chi connectivity index (χ1) is 8.13. The summed E-state index contributed by atoms with van der Waals surface area (Å²) in [5, 5.41) is 7.23.